The van der Waals surface area contributed by atoms with Crippen LogP contribution in [0.15, 0.2) is 24.7 Å². The van der Waals surface area contributed by atoms with Crippen molar-refractivity contribution in [2.24, 2.45) is 0 Å². The predicted molar refractivity (Wildman–Crippen MR) is 60.0 cm³/mol. The minimum atomic E-state index is -1.94. The molecule has 0 aliphatic carbocycles. The second-order valence-corrected chi connectivity index (χ2v) is 4.00. The van der Waals surface area contributed by atoms with Crippen LogP contribution in [0.2, 0.25) is 0 Å². The lowest BCUT2D eigenvalue weighted by Gasteiger charge is -2.15. The summed E-state index contributed by atoms with van der Waals surface area (Å²) in [6, 6.07) is 0. The van der Waals surface area contributed by atoms with Crippen molar-refractivity contribution >= 4 is 17.0 Å². The molecule has 1 aliphatic heterocycles. The number of fused-ring (bicyclic) bond motifs is 1. The number of hydrogen-bond donors (Lipinski definition) is 2. The van der Waals surface area contributed by atoms with Gasteiger partial charge in [0, 0.05) is 0 Å². The van der Waals surface area contributed by atoms with E-state index in [1.165, 1.54) is 17.2 Å². The van der Waals surface area contributed by atoms with Crippen LogP contribution in [0.4, 0.5) is 14.6 Å². The summed E-state index contributed by atoms with van der Waals surface area (Å²) in [7, 11) is 0. The van der Waals surface area contributed by atoms with E-state index in [1.54, 1.807) is 0 Å². The highest BCUT2D eigenvalue weighted by Crippen LogP contribution is 2.35. The molecule has 0 saturated carbocycles. The van der Waals surface area contributed by atoms with Crippen molar-refractivity contribution < 1.29 is 18.6 Å². The fourth-order valence-electron chi connectivity index (χ4n) is 1.95. The van der Waals surface area contributed by atoms with E-state index in [9.17, 15) is 13.9 Å². The first-order chi connectivity index (χ1) is 9.13. The lowest BCUT2D eigenvalue weighted by atomic mass is 10.2. The summed E-state index contributed by atoms with van der Waals surface area (Å²) in [4.78, 5) is 11.7. The van der Waals surface area contributed by atoms with Crippen LogP contribution < -0.4 is 5.73 Å². The first kappa shape index (κ1) is 11.8. The second kappa shape index (κ2) is 4.12. The average Bonchev–Trinajstić information content (AvgIpc) is 2.94. The van der Waals surface area contributed by atoms with Crippen LogP contribution in [-0.4, -0.2) is 36.9 Å². The Morgan fingerprint density at radius 1 is 1.42 bits per heavy atom. The number of anilines is 1. The van der Waals surface area contributed by atoms with Crippen molar-refractivity contribution in [1.29, 1.82) is 0 Å². The highest BCUT2D eigenvalue weighted by atomic mass is 19.1. The number of aliphatic hydroxyl groups is 1. The van der Waals surface area contributed by atoms with E-state index in [1.807, 2.05) is 0 Å². The smallest absolute Gasteiger partial charge is 0.207 e. The number of nitrogen functional groups attached to an aromatic ring is 1. The van der Waals surface area contributed by atoms with Crippen molar-refractivity contribution in [1.82, 2.24) is 19.5 Å². The fourth-order valence-corrected chi connectivity index (χ4v) is 1.95. The van der Waals surface area contributed by atoms with Crippen LogP contribution in [0.1, 0.15) is 6.23 Å². The number of aromatic nitrogens is 4. The maximum Gasteiger partial charge on any atom is 0.207 e. The number of aliphatic hydroxyl groups excluding tert-OH is 1. The molecule has 3 rings (SSSR count). The van der Waals surface area contributed by atoms with Gasteiger partial charge in [0.15, 0.2) is 23.4 Å². The maximum absolute atomic E-state index is 13.5. The first-order valence-electron chi connectivity index (χ1n) is 5.35. The van der Waals surface area contributed by atoms with E-state index in [0.29, 0.717) is 5.52 Å². The highest BCUT2D eigenvalue weighted by Gasteiger charge is 2.43. The molecule has 0 bridgehead atoms. The molecule has 1 aliphatic rings. The summed E-state index contributed by atoms with van der Waals surface area (Å²) >= 11 is 0. The minimum Gasteiger partial charge on any atom is -0.466 e. The standard InChI is InChI=1S/C10H9F2N5O2/c11-1-4-5(12)7(18)10(19-4)17-3-16-6-8(13)14-2-15-9(6)17/h1-3,5,7,10,18H,(H2,13,14,15)/b4-1-/t5-,7-,10-/m1/s1. The molecule has 1 saturated heterocycles. The summed E-state index contributed by atoms with van der Waals surface area (Å²) in [5.41, 5.74) is 6.17. The topological polar surface area (TPSA) is 99.1 Å². The number of alkyl halides is 1. The maximum atomic E-state index is 13.5. The van der Waals surface area contributed by atoms with E-state index < -0.39 is 24.3 Å². The molecule has 3 N–H and O–H groups in total. The molecular weight excluding hydrogens is 260 g/mol. The quantitative estimate of drug-likeness (QED) is 0.779. The van der Waals surface area contributed by atoms with Gasteiger partial charge in [0.1, 0.15) is 30.6 Å². The molecule has 3 heterocycles. The van der Waals surface area contributed by atoms with E-state index in [0.717, 1.165) is 0 Å². The lowest BCUT2D eigenvalue weighted by molar-refractivity contribution is -0.000104. The SMILES string of the molecule is Nc1ncnc2c1ncn2[C@@H]1O/C(=C\F)[C@@H](F)[C@H]1O. The number of nitrogens with two attached hydrogens (primary N) is 1. The molecule has 0 unspecified atom stereocenters. The summed E-state index contributed by atoms with van der Waals surface area (Å²) in [6.07, 6.45) is -2.19. The monoisotopic (exact) mass is 269 g/mol. The molecule has 0 amide bonds. The van der Waals surface area contributed by atoms with Crippen molar-refractivity contribution in [3.63, 3.8) is 0 Å². The lowest BCUT2D eigenvalue weighted by Crippen LogP contribution is -2.25. The number of ether oxygens (including phenoxy) is 1. The van der Waals surface area contributed by atoms with Crippen molar-refractivity contribution in [3.05, 3.63) is 24.7 Å². The molecule has 9 heteroatoms. The Hall–Kier alpha value is -2.29. The van der Waals surface area contributed by atoms with Gasteiger partial charge in [-0.2, -0.15) is 0 Å². The van der Waals surface area contributed by atoms with Crippen molar-refractivity contribution in [3.8, 4) is 0 Å². The Morgan fingerprint density at radius 2 is 2.21 bits per heavy atom. The second-order valence-electron chi connectivity index (χ2n) is 4.00. The molecule has 2 aromatic heterocycles. The fraction of sp³-hybridized carbons (Fsp3) is 0.300. The number of halogens is 2. The molecule has 1 fully saturated rings. The molecule has 19 heavy (non-hydrogen) atoms. The summed E-state index contributed by atoms with van der Waals surface area (Å²) in [5.74, 6) is -0.421. The van der Waals surface area contributed by atoms with Gasteiger partial charge in [-0.25, -0.2) is 23.7 Å². The van der Waals surface area contributed by atoms with E-state index >= 15 is 0 Å². The van der Waals surface area contributed by atoms with Crippen LogP contribution in [0.3, 0.4) is 0 Å². The van der Waals surface area contributed by atoms with Crippen LogP contribution in [0, 0.1) is 0 Å². The third-order valence-electron chi connectivity index (χ3n) is 2.89. The molecule has 2 aromatic rings. The number of hydrogen-bond acceptors (Lipinski definition) is 6. The summed E-state index contributed by atoms with van der Waals surface area (Å²) in [5, 5.41) is 9.73. The third-order valence-corrected chi connectivity index (χ3v) is 2.89. The highest BCUT2D eigenvalue weighted by molar-refractivity contribution is 5.81. The van der Waals surface area contributed by atoms with E-state index in [4.69, 9.17) is 10.5 Å². The van der Waals surface area contributed by atoms with Gasteiger partial charge in [0.25, 0.3) is 0 Å². The van der Waals surface area contributed by atoms with Crippen LogP contribution >= 0.6 is 0 Å². The van der Waals surface area contributed by atoms with Crippen molar-refractivity contribution in [2.45, 2.75) is 18.5 Å². The average molecular weight is 269 g/mol. The molecule has 7 nitrogen and oxygen atoms in total. The normalized spacial score (nSPS) is 29.0. The molecular formula is C10H9F2N5O2. The predicted octanol–water partition coefficient (Wildman–Crippen LogP) is 0.447. The van der Waals surface area contributed by atoms with Gasteiger partial charge < -0.3 is 15.6 Å². The summed E-state index contributed by atoms with van der Waals surface area (Å²) in [6.45, 7) is 0. The number of imidazole rings is 1. The zero-order valence-corrected chi connectivity index (χ0v) is 9.44. The van der Waals surface area contributed by atoms with Gasteiger partial charge in [0.2, 0.25) is 6.23 Å². The number of rotatable bonds is 1. The molecule has 0 spiro atoms. The Kier molecular flexibility index (Phi) is 2.56. The van der Waals surface area contributed by atoms with Gasteiger partial charge >= 0.3 is 0 Å². The van der Waals surface area contributed by atoms with Crippen LogP contribution in [0.25, 0.3) is 11.2 Å². The van der Waals surface area contributed by atoms with Gasteiger partial charge in [0.05, 0.1) is 0 Å². The van der Waals surface area contributed by atoms with Gasteiger partial charge in [-0.3, -0.25) is 4.57 Å². The Labute approximate surface area is 105 Å². The Bertz CT molecular complexity index is 658. The number of nitrogens with zero attached hydrogens (tertiary/aromatic N) is 4. The van der Waals surface area contributed by atoms with E-state index in [-0.39, 0.29) is 17.8 Å². The van der Waals surface area contributed by atoms with Crippen LogP contribution in [0.5, 0.6) is 0 Å². The molecule has 100 valence electrons. The third kappa shape index (κ3) is 1.62. The Balaban J connectivity index is 2.09. The summed E-state index contributed by atoms with van der Waals surface area (Å²) < 4.78 is 32.2. The zero-order chi connectivity index (χ0) is 13.6. The molecule has 0 radical (unpaired) electrons. The largest absolute Gasteiger partial charge is 0.466 e. The Morgan fingerprint density at radius 3 is 2.89 bits per heavy atom. The zero-order valence-electron chi connectivity index (χ0n) is 9.44. The first-order valence-corrected chi connectivity index (χ1v) is 5.35. The van der Waals surface area contributed by atoms with Gasteiger partial charge in [-0.1, -0.05) is 0 Å². The molecule has 3 atom stereocenters. The van der Waals surface area contributed by atoms with E-state index in [2.05, 4.69) is 15.0 Å². The van der Waals surface area contributed by atoms with Crippen molar-refractivity contribution in [2.75, 3.05) is 5.73 Å². The van der Waals surface area contributed by atoms with Gasteiger partial charge in [-0.15, -0.1) is 0 Å². The van der Waals surface area contributed by atoms with Crippen LogP contribution in [-0.2, 0) is 4.74 Å². The van der Waals surface area contributed by atoms with Gasteiger partial charge in [-0.05, 0) is 0 Å². The minimum absolute atomic E-state index is 0.0175. The molecule has 0 aromatic carbocycles.